The normalized spacial score (nSPS) is 15.2. The molecule has 0 aliphatic carbocycles. The lowest BCUT2D eigenvalue weighted by atomic mass is 10.0. The van der Waals surface area contributed by atoms with Gasteiger partial charge >= 0.3 is 0 Å². The fraction of sp³-hybridized carbons (Fsp3) is 0.455. The van der Waals surface area contributed by atoms with Gasteiger partial charge in [0.15, 0.2) is 0 Å². The van der Waals surface area contributed by atoms with Crippen LogP contribution in [0, 0.1) is 27.4 Å². The zero-order chi connectivity index (χ0) is 12.4. The van der Waals surface area contributed by atoms with E-state index in [1.54, 1.807) is 6.07 Å². The second kappa shape index (κ2) is 4.37. The van der Waals surface area contributed by atoms with E-state index in [0.717, 1.165) is 5.82 Å². The second-order valence-corrected chi connectivity index (χ2v) is 4.01. The van der Waals surface area contributed by atoms with Crippen LogP contribution >= 0.6 is 0 Å². The average Bonchev–Trinajstić information content (AvgIpc) is 2.27. The smallest absolute Gasteiger partial charge is 0.290 e. The zero-order valence-electron chi connectivity index (χ0n) is 9.46. The summed E-state index contributed by atoms with van der Waals surface area (Å²) in [4.78, 5) is 16.4. The average molecular weight is 232 g/mol. The Bertz CT molecular complexity index is 489. The number of nitrogens with zero attached hydrogens (tertiary/aromatic N) is 4. The maximum atomic E-state index is 10.8. The quantitative estimate of drug-likeness (QED) is 0.582. The van der Waals surface area contributed by atoms with Crippen molar-refractivity contribution in [3.63, 3.8) is 0 Å². The van der Waals surface area contributed by atoms with Crippen molar-refractivity contribution >= 4 is 11.5 Å². The zero-order valence-corrected chi connectivity index (χ0v) is 9.46. The molecule has 0 spiro atoms. The Morgan fingerprint density at radius 3 is 2.94 bits per heavy atom. The first-order valence-corrected chi connectivity index (χ1v) is 5.43. The molecule has 2 heterocycles. The number of hydrogen-bond acceptors (Lipinski definition) is 5. The highest BCUT2D eigenvalue weighted by atomic mass is 16.6. The summed E-state index contributed by atoms with van der Waals surface area (Å²) >= 11 is 0. The maximum Gasteiger partial charge on any atom is 0.290 e. The maximum absolute atomic E-state index is 10.8. The summed E-state index contributed by atoms with van der Waals surface area (Å²) in [7, 11) is 0. The molecule has 88 valence electrons. The SMILES string of the molecule is CCc1cc(N2CC(C#N)C2)ncc1[N+](=O)[O-]. The van der Waals surface area contributed by atoms with Gasteiger partial charge in [-0.15, -0.1) is 0 Å². The van der Waals surface area contributed by atoms with Crippen LogP contribution in [-0.2, 0) is 6.42 Å². The van der Waals surface area contributed by atoms with E-state index in [9.17, 15) is 10.1 Å². The van der Waals surface area contributed by atoms with Gasteiger partial charge in [-0.3, -0.25) is 10.1 Å². The van der Waals surface area contributed by atoms with Gasteiger partial charge in [0.25, 0.3) is 5.69 Å². The molecule has 1 fully saturated rings. The third-order valence-electron chi connectivity index (χ3n) is 2.92. The van der Waals surface area contributed by atoms with Crippen molar-refractivity contribution in [2.24, 2.45) is 5.92 Å². The van der Waals surface area contributed by atoms with E-state index < -0.39 is 4.92 Å². The molecule has 0 radical (unpaired) electrons. The van der Waals surface area contributed by atoms with Gasteiger partial charge in [0, 0.05) is 18.7 Å². The van der Waals surface area contributed by atoms with Crippen LogP contribution < -0.4 is 4.90 Å². The Hall–Kier alpha value is -2.16. The number of nitro groups is 1. The van der Waals surface area contributed by atoms with E-state index in [4.69, 9.17) is 5.26 Å². The molecule has 1 aromatic rings. The summed E-state index contributed by atoms with van der Waals surface area (Å²) in [5, 5.41) is 19.4. The Kier molecular flexibility index (Phi) is 2.91. The van der Waals surface area contributed by atoms with Gasteiger partial charge in [-0.25, -0.2) is 4.98 Å². The molecule has 1 aliphatic heterocycles. The third kappa shape index (κ3) is 2.04. The first-order chi connectivity index (χ1) is 8.15. The van der Waals surface area contributed by atoms with Crippen LogP contribution in [0.3, 0.4) is 0 Å². The standard InChI is InChI=1S/C11H12N4O2/c1-2-9-3-11(13-5-10(9)15(16)17)14-6-8(4-12)7-14/h3,5,8H,2,6-7H2,1H3. The van der Waals surface area contributed by atoms with Gasteiger partial charge in [-0.1, -0.05) is 6.92 Å². The molecule has 1 aliphatic rings. The van der Waals surface area contributed by atoms with Crippen molar-refractivity contribution in [1.82, 2.24) is 4.98 Å². The predicted octanol–water partition coefficient (Wildman–Crippen LogP) is 1.51. The van der Waals surface area contributed by atoms with Gasteiger partial charge in [0.2, 0.25) is 0 Å². The van der Waals surface area contributed by atoms with Crippen LogP contribution in [0.4, 0.5) is 11.5 Å². The molecule has 0 bridgehead atoms. The third-order valence-corrected chi connectivity index (χ3v) is 2.92. The van der Waals surface area contributed by atoms with E-state index in [-0.39, 0.29) is 11.6 Å². The fourth-order valence-corrected chi connectivity index (χ4v) is 1.85. The lowest BCUT2D eigenvalue weighted by molar-refractivity contribution is -0.385. The summed E-state index contributed by atoms with van der Waals surface area (Å²) < 4.78 is 0. The van der Waals surface area contributed by atoms with Crippen LogP contribution in [0.25, 0.3) is 0 Å². The summed E-state index contributed by atoms with van der Waals surface area (Å²) in [5.41, 5.74) is 0.744. The number of nitriles is 1. The van der Waals surface area contributed by atoms with Crippen molar-refractivity contribution in [3.05, 3.63) is 27.9 Å². The van der Waals surface area contributed by atoms with Crippen LogP contribution in [-0.4, -0.2) is 23.0 Å². The van der Waals surface area contributed by atoms with Crippen LogP contribution in [0.5, 0.6) is 0 Å². The van der Waals surface area contributed by atoms with Crippen molar-refractivity contribution in [2.45, 2.75) is 13.3 Å². The summed E-state index contributed by atoms with van der Waals surface area (Å²) in [6, 6.07) is 3.92. The number of anilines is 1. The van der Waals surface area contributed by atoms with Gasteiger partial charge in [0.1, 0.15) is 12.0 Å². The Balaban J connectivity index is 2.22. The topological polar surface area (TPSA) is 83.1 Å². The second-order valence-electron chi connectivity index (χ2n) is 4.01. The minimum absolute atomic E-state index is 0.0528. The molecule has 2 rings (SSSR count). The minimum atomic E-state index is -0.413. The molecular formula is C11H12N4O2. The number of aromatic nitrogens is 1. The molecule has 0 unspecified atom stereocenters. The van der Waals surface area contributed by atoms with E-state index in [1.807, 2.05) is 11.8 Å². The molecular weight excluding hydrogens is 220 g/mol. The summed E-state index contributed by atoms with van der Waals surface area (Å²) in [6.45, 7) is 3.19. The molecule has 17 heavy (non-hydrogen) atoms. The molecule has 0 saturated carbocycles. The molecule has 6 nitrogen and oxygen atoms in total. The number of pyridine rings is 1. The van der Waals surface area contributed by atoms with Crippen molar-refractivity contribution in [3.8, 4) is 6.07 Å². The monoisotopic (exact) mass is 232 g/mol. The van der Waals surface area contributed by atoms with Gasteiger partial charge < -0.3 is 4.90 Å². The van der Waals surface area contributed by atoms with E-state index in [0.29, 0.717) is 25.1 Å². The van der Waals surface area contributed by atoms with Gasteiger partial charge in [-0.05, 0) is 12.5 Å². The van der Waals surface area contributed by atoms with E-state index in [2.05, 4.69) is 11.1 Å². The Labute approximate surface area is 98.6 Å². The van der Waals surface area contributed by atoms with E-state index >= 15 is 0 Å². The highest BCUT2D eigenvalue weighted by Crippen LogP contribution is 2.27. The van der Waals surface area contributed by atoms with Crippen LogP contribution in [0.2, 0.25) is 0 Å². The Morgan fingerprint density at radius 1 is 1.71 bits per heavy atom. The Morgan fingerprint density at radius 2 is 2.41 bits per heavy atom. The summed E-state index contributed by atoms with van der Waals surface area (Å²) in [5.74, 6) is 0.774. The largest absolute Gasteiger partial charge is 0.354 e. The highest BCUT2D eigenvalue weighted by Gasteiger charge is 2.28. The number of hydrogen-bond donors (Lipinski definition) is 0. The lowest BCUT2D eigenvalue weighted by Crippen LogP contribution is -2.46. The van der Waals surface area contributed by atoms with Gasteiger partial charge in [0.05, 0.1) is 16.9 Å². The first kappa shape index (κ1) is 11.3. The van der Waals surface area contributed by atoms with Crippen molar-refractivity contribution in [1.29, 1.82) is 5.26 Å². The molecule has 1 aromatic heterocycles. The molecule has 0 atom stereocenters. The highest BCUT2D eigenvalue weighted by molar-refractivity contribution is 5.51. The lowest BCUT2D eigenvalue weighted by Gasteiger charge is -2.36. The van der Waals surface area contributed by atoms with Gasteiger partial charge in [-0.2, -0.15) is 5.26 Å². The van der Waals surface area contributed by atoms with Crippen molar-refractivity contribution < 1.29 is 4.92 Å². The fourth-order valence-electron chi connectivity index (χ4n) is 1.85. The number of aryl methyl sites for hydroxylation is 1. The molecule has 0 N–H and O–H groups in total. The number of rotatable bonds is 3. The van der Waals surface area contributed by atoms with Crippen LogP contribution in [0.15, 0.2) is 12.3 Å². The van der Waals surface area contributed by atoms with E-state index in [1.165, 1.54) is 6.20 Å². The van der Waals surface area contributed by atoms with Crippen LogP contribution in [0.1, 0.15) is 12.5 Å². The predicted molar refractivity (Wildman–Crippen MR) is 61.6 cm³/mol. The summed E-state index contributed by atoms with van der Waals surface area (Å²) in [6.07, 6.45) is 1.90. The molecule has 6 heteroatoms. The molecule has 0 amide bonds. The minimum Gasteiger partial charge on any atom is -0.354 e. The molecule has 0 aromatic carbocycles. The first-order valence-electron chi connectivity index (χ1n) is 5.43. The molecule has 1 saturated heterocycles. The van der Waals surface area contributed by atoms with Crippen molar-refractivity contribution in [2.75, 3.05) is 18.0 Å².